The van der Waals surface area contributed by atoms with Gasteiger partial charge in [0.1, 0.15) is 0 Å². The number of carbonyl (C=O) groups excluding carboxylic acids is 1. The molecule has 1 aliphatic carbocycles. The van der Waals surface area contributed by atoms with Crippen LogP contribution in [-0.4, -0.2) is 40.6 Å². The molecule has 0 spiro atoms. The number of ether oxygens (including phenoxy) is 1. The topological polar surface area (TPSA) is 66.8 Å². The first kappa shape index (κ1) is 17.5. The number of benzene rings is 1. The molecular weight excluding hydrogens is 294 g/mol. The smallest absolute Gasteiger partial charge is 0.308 e. The summed E-state index contributed by atoms with van der Waals surface area (Å²) >= 11 is 0. The van der Waals surface area contributed by atoms with Crippen molar-refractivity contribution < 1.29 is 19.4 Å². The first-order chi connectivity index (χ1) is 10.9. The van der Waals surface area contributed by atoms with Gasteiger partial charge >= 0.3 is 5.97 Å². The summed E-state index contributed by atoms with van der Waals surface area (Å²) in [7, 11) is 0. The van der Waals surface area contributed by atoms with Crippen LogP contribution in [0.25, 0.3) is 0 Å². The number of nitrogens with zero attached hydrogens (tertiary/aromatic N) is 1. The van der Waals surface area contributed by atoms with Crippen LogP contribution in [0.1, 0.15) is 49.5 Å². The van der Waals surface area contributed by atoms with E-state index < -0.39 is 11.9 Å². The van der Waals surface area contributed by atoms with Crippen molar-refractivity contribution in [2.45, 2.75) is 52.4 Å². The Hall–Kier alpha value is -1.88. The van der Waals surface area contributed by atoms with Gasteiger partial charge in [-0.2, -0.15) is 0 Å². The van der Waals surface area contributed by atoms with Crippen molar-refractivity contribution >= 4 is 11.9 Å². The molecule has 1 unspecified atom stereocenters. The molecule has 1 aromatic carbocycles. The highest BCUT2D eigenvalue weighted by Crippen LogP contribution is 2.29. The minimum atomic E-state index is -0.871. The van der Waals surface area contributed by atoms with Crippen LogP contribution >= 0.6 is 0 Å². The van der Waals surface area contributed by atoms with Crippen molar-refractivity contribution in [3.8, 4) is 0 Å². The molecule has 2 rings (SSSR count). The van der Waals surface area contributed by atoms with Crippen LogP contribution in [0.4, 0.5) is 0 Å². The third-order valence-corrected chi connectivity index (χ3v) is 3.92. The molecule has 1 fully saturated rings. The molecular formula is C18H25NO4. The Kier molecular flexibility index (Phi) is 5.77. The Morgan fingerprint density at radius 3 is 2.30 bits per heavy atom. The van der Waals surface area contributed by atoms with Gasteiger partial charge in [0.05, 0.1) is 18.6 Å². The lowest BCUT2D eigenvalue weighted by atomic mass is 10.1. The number of carboxylic acid groups (broad SMARTS) is 1. The molecule has 126 valence electrons. The highest BCUT2D eigenvalue weighted by Gasteiger charge is 2.34. The maximum absolute atomic E-state index is 12.7. The summed E-state index contributed by atoms with van der Waals surface area (Å²) in [5, 5.41) is 9.07. The van der Waals surface area contributed by atoms with Gasteiger partial charge < -0.3 is 14.7 Å². The number of carboxylic acids is 1. The Labute approximate surface area is 137 Å². The Balaban J connectivity index is 2.03. The Bertz CT molecular complexity index is 549. The summed E-state index contributed by atoms with van der Waals surface area (Å²) < 4.78 is 5.54. The molecule has 5 nitrogen and oxygen atoms in total. The zero-order chi connectivity index (χ0) is 17.0. The van der Waals surface area contributed by atoms with Crippen molar-refractivity contribution in [3.63, 3.8) is 0 Å². The highest BCUT2D eigenvalue weighted by molar-refractivity contribution is 5.95. The van der Waals surface area contributed by atoms with Crippen LogP contribution in [0, 0.1) is 5.92 Å². The van der Waals surface area contributed by atoms with Crippen LogP contribution in [0.5, 0.6) is 0 Å². The first-order valence-electron chi connectivity index (χ1n) is 8.12. The molecule has 0 saturated heterocycles. The monoisotopic (exact) mass is 319 g/mol. The van der Waals surface area contributed by atoms with E-state index in [1.54, 1.807) is 24.0 Å². The number of amides is 1. The Morgan fingerprint density at radius 2 is 1.83 bits per heavy atom. The van der Waals surface area contributed by atoms with E-state index in [0.29, 0.717) is 12.2 Å². The van der Waals surface area contributed by atoms with E-state index in [0.717, 1.165) is 18.4 Å². The van der Waals surface area contributed by atoms with Gasteiger partial charge in [0, 0.05) is 18.2 Å². The minimum Gasteiger partial charge on any atom is -0.481 e. The minimum absolute atomic E-state index is 0.0862. The van der Waals surface area contributed by atoms with Crippen molar-refractivity contribution in [2.75, 3.05) is 6.54 Å². The number of hydrogen-bond donors (Lipinski definition) is 1. The van der Waals surface area contributed by atoms with Crippen LogP contribution < -0.4 is 0 Å². The summed E-state index contributed by atoms with van der Waals surface area (Å²) in [6.07, 6.45) is 2.08. The van der Waals surface area contributed by atoms with Gasteiger partial charge in [-0.05, 0) is 44.4 Å². The summed E-state index contributed by atoms with van der Waals surface area (Å²) in [6.45, 7) is 6.38. The number of aliphatic carboxylic acids is 1. The standard InChI is InChI=1S/C18H25NO4/c1-12(2)23-11-14-4-6-15(7-5-14)17(20)19(16-8-9-16)10-13(3)18(21)22/h4-7,12-13,16H,8-11H2,1-3H3,(H,21,22). The average Bonchev–Trinajstić information content (AvgIpc) is 3.34. The third-order valence-electron chi connectivity index (χ3n) is 3.92. The zero-order valence-electron chi connectivity index (χ0n) is 14.0. The van der Waals surface area contributed by atoms with Crippen LogP contribution in [0.3, 0.4) is 0 Å². The molecule has 1 saturated carbocycles. The normalized spacial score (nSPS) is 15.5. The van der Waals surface area contributed by atoms with Crippen molar-refractivity contribution in [1.29, 1.82) is 0 Å². The fraction of sp³-hybridized carbons (Fsp3) is 0.556. The van der Waals surface area contributed by atoms with Gasteiger partial charge in [0.15, 0.2) is 0 Å². The quantitative estimate of drug-likeness (QED) is 0.800. The molecule has 1 N–H and O–H groups in total. The largest absolute Gasteiger partial charge is 0.481 e. The molecule has 1 aromatic rings. The molecule has 0 heterocycles. The van der Waals surface area contributed by atoms with E-state index in [4.69, 9.17) is 9.84 Å². The highest BCUT2D eigenvalue weighted by atomic mass is 16.5. The SMILES string of the molecule is CC(C)OCc1ccc(C(=O)N(CC(C)C(=O)O)C2CC2)cc1. The van der Waals surface area contributed by atoms with Gasteiger partial charge in [-0.25, -0.2) is 0 Å². The maximum Gasteiger partial charge on any atom is 0.308 e. The van der Waals surface area contributed by atoms with Crippen LogP contribution in [0.15, 0.2) is 24.3 Å². The lowest BCUT2D eigenvalue weighted by Gasteiger charge is -2.24. The third kappa shape index (κ3) is 5.06. The van der Waals surface area contributed by atoms with Crippen molar-refractivity contribution in [3.05, 3.63) is 35.4 Å². The fourth-order valence-electron chi connectivity index (χ4n) is 2.33. The van der Waals surface area contributed by atoms with Gasteiger partial charge in [-0.1, -0.05) is 19.1 Å². The Morgan fingerprint density at radius 1 is 1.22 bits per heavy atom. The number of rotatable bonds is 8. The lowest BCUT2D eigenvalue weighted by molar-refractivity contribution is -0.141. The predicted molar refractivity (Wildman–Crippen MR) is 87.2 cm³/mol. The van der Waals surface area contributed by atoms with E-state index in [1.165, 1.54) is 0 Å². The van der Waals surface area contributed by atoms with Gasteiger partial charge in [-0.15, -0.1) is 0 Å². The molecule has 5 heteroatoms. The number of hydrogen-bond acceptors (Lipinski definition) is 3. The second kappa shape index (κ2) is 7.59. The molecule has 0 bridgehead atoms. The zero-order valence-corrected chi connectivity index (χ0v) is 14.0. The first-order valence-corrected chi connectivity index (χ1v) is 8.12. The van der Waals surface area contributed by atoms with Gasteiger partial charge in [0.2, 0.25) is 0 Å². The van der Waals surface area contributed by atoms with Gasteiger partial charge in [-0.3, -0.25) is 9.59 Å². The lowest BCUT2D eigenvalue weighted by Crippen LogP contribution is -2.38. The molecule has 1 amide bonds. The molecule has 0 aliphatic heterocycles. The predicted octanol–water partition coefficient (Wildman–Crippen LogP) is 2.94. The van der Waals surface area contributed by atoms with Crippen LogP contribution in [-0.2, 0) is 16.1 Å². The van der Waals surface area contributed by atoms with E-state index in [2.05, 4.69) is 0 Å². The summed E-state index contributed by atoms with van der Waals surface area (Å²) in [6, 6.07) is 7.56. The second-order valence-electron chi connectivity index (χ2n) is 6.48. The molecule has 0 radical (unpaired) electrons. The number of carbonyl (C=O) groups is 2. The summed E-state index contributed by atoms with van der Waals surface area (Å²) in [5.74, 6) is -1.51. The van der Waals surface area contributed by atoms with Crippen LogP contribution in [0.2, 0.25) is 0 Å². The molecule has 0 aromatic heterocycles. The maximum atomic E-state index is 12.7. The summed E-state index contributed by atoms with van der Waals surface area (Å²) in [4.78, 5) is 25.4. The van der Waals surface area contributed by atoms with E-state index in [-0.39, 0.29) is 24.6 Å². The van der Waals surface area contributed by atoms with E-state index in [9.17, 15) is 9.59 Å². The molecule has 1 atom stereocenters. The van der Waals surface area contributed by atoms with E-state index in [1.807, 2.05) is 26.0 Å². The fourth-order valence-corrected chi connectivity index (χ4v) is 2.33. The average molecular weight is 319 g/mol. The van der Waals surface area contributed by atoms with Crippen molar-refractivity contribution in [2.24, 2.45) is 5.92 Å². The summed E-state index contributed by atoms with van der Waals surface area (Å²) in [5.41, 5.74) is 1.62. The second-order valence-corrected chi connectivity index (χ2v) is 6.48. The molecule has 1 aliphatic rings. The van der Waals surface area contributed by atoms with Crippen molar-refractivity contribution in [1.82, 2.24) is 4.90 Å². The molecule has 23 heavy (non-hydrogen) atoms. The van der Waals surface area contributed by atoms with Gasteiger partial charge in [0.25, 0.3) is 5.91 Å². The van der Waals surface area contributed by atoms with E-state index >= 15 is 0 Å².